The van der Waals surface area contributed by atoms with Gasteiger partial charge in [0.25, 0.3) is 11.8 Å². The van der Waals surface area contributed by atoms with Crippen molar-refractivity contribution in [3.63, 3.8) is 0 Å². The number of amides is 2. The van der Waals surface area contributed by atoms with E-state index in [0.29, 0.717) is 35.9 Å². The number of carbonyl (C=O) groups is 2. The summed E-state index contributed by atoms with van der Waals surface area (Å²) in [7, 11) is 1.58. The smallest absolute Gasteiger partial charge is 0.291 e. The van der Waals surface area contributed by atoms with Crippen LogP contribution in [0.1, 0.15) is 20.9 Å². The van der Waals surface area contributed by atoms with Gasteiger partial charge in [0.15, 0.2) is 5.76 Å². The molecule has 29 heavy (non-hydrogen) atoms. The molecule has 3 aromatic rings. The standard InChI is InChI=1S/C21H19BrN2O5/c1-27-10-11-29-18-8-7-14(22)12-17(18)20(25)23-15-4-2-5-16(13-15)24-21(26)19-6-3-9-28-19/h2-9,12-13H,10-11H2,1H3,(H,23,25)(H,24,26). The van der Waals surface area contributed by atoms with Crippen molar-refractivity contribution in [3.05, 3.63) is 76.7 Å². The van der Waals surface area contributed by atoms with Gasteiger partial charge in [-0.3, -0.25) is 9.59 Å². The number of benzene rings is 2. The Morgan fingerprint density at radius 3 is 2.41 bits per heavy atom. The first kappa shape index (κ1) is 20.6. The number of anilines is 2. The van der Waals surface area contributed by atoms with E-state index in [2.05, 4.69) is 26.6 Å². The molecule has 0 aliphatic carbocycles. The van der Waals surface area contributed by atoms with E-state index < -0.39 is 0 Å². The summed E-state index contributed by atoms with van der Waals surface area (Å²) in [5.74, 6) is -0.0658. The number of ether oxygens (including phenoxy) is 2. The molecule has 0 bridgehead atoms. The van der Waals surface area contributed by atoms with Gasteiger partial charge in [-0.05, 0) is 48.5 Å². The highest BCUT2D eigenvalue weighted by Gasteiger charge is 2.15. The summed E-state index contributed by atoms with van der Waals surface area (Å²) in [6, 6.07) is 15.2. The molecule has 1 aromatic heterocycles. The zero-order valence-electron chi connectivity index (χ0n) is 15.6. The van der Waals surface area contributed by atoms with Crippen molar-refractivity contribution in [3.8, 4) is 5.75 Å². The molecule has 8 heteroatoms. The van der Waals surface area contributed by atoms with Crippen molar-refractivity contribution in [2.24, 2.45) is 0 Å². The van der Waals surface area contributed by atoms with Crippen LogP contribution in [0, 0.1) is 0 Å². The Hall–Kier alpha value is -3.10. The molecule has 2 N–H and O–H groups in total. The second-order valence-corrected chi connectivity index (χ2v) is 6.86. The van der Waals surface area contributed by atoms with E-state index in [1.165, 1.54) is 6.26 Å². The van der Waals surface area contributed by atoms with Crippen LogP contribution in [0.15, 0.2) is 69.8 Å². The molecular weight excluding hydrogens is 440 g/mol. The molecule has 0 saturated heterocycles. The van der Waals surface area contributed by atoms with Crippen molar-refractivity contribution in [1.29, 1.82) is 0 Å². The minimum Gasteiger partial charge on any atom is -0.490 e. The lowest BCUT2D eigenvalue weighted by atomic mass is 10.1. The topological polar surface area (TPSA) is 89.8 Å². The molecule has 1 heterocycles. The highest BCUT2D eigenvalue weighted by atomic mass is 79.9. The average Bonchev–Trinajstić information content (AvgIpc) is 3.24. The van der Waals surface area contributed by atoms with E-state index in [1.807, 2.05) is 0 Å². The van der Waals surface area contributed by atoms with Gasteiger partial charge in [0.1, 0.15) is 12.4 Å². The summed E-state index contributed by atoms with van der Waals surface area (Å²) in [5, 5.41) is 5.54. The van der Waals surface area contributed by atoms with Crippen molar-refractivity contribution in [2.75, 3.05) is 31.0 Å². The predicted octanol–water partition coefficient (Wildman–Crippen LogP) is 4.57. The monoisotopic (exact) mass is 458 g/mol. The molecule has 3 rings (SSSR count). The second-order valence-electron chi connectivity index (χ2n) is 5.95. The summed E-state index contributed by atoms with van der Waals surface area (Å²) in [6.45, 7) is 0.737. The maximum absolute atomic E-state index is 12.8. The Kier molecular flexibility index (Phi) is 7.04. The minimum absolute atomic E-state index is 0.200. The van der Waals surface area contributed by atoms with Gasteiger partial charge in [-0.2, -0.15) is 0 Å². The molecule has 150 valence electrons. The van der Waals surface area contributed by atoms with Gasteiger partial charge in [-0.15, -0.1) is 0 Å². The number of carbonyl (C=O) groups excluding carboxylic acids is 2. The van der Waals surface area contributed by atoms with Gasteiger partial charge in [0.05, 0.1) is 18.4 Å². The first-order chi connectivity index (χ1) is 14.1. The number of hydrogen-bond donors (Lipinski definition) is 2. The number of halogens is 1. The lowest BCUT2D eigenvalue weighted by molar-refractivity contribution is 0.0994. The van der Waals surface area contributed by atoms with Gasteiger partial charge < -0.3 is 24.5 Å². The van der Waals surface area contributed by atoms with Gasteiger partial charge in [0, 0.05) is 23.0 Å². The summed E-state index contributed by atoms with van der Waals surface area (Å²) in [5.41, 5.74) is 1.42. The average molecular weight is 459 g/mol. The number of furan rings is 1. The van der Waals surface area contributed by atoms with E-state index in [0.717, 1.165) is 4.47 Å². The van der Waals surface area contributed by atoms with Gasteiger partial charge in [-0.25, -0.2) is 0 Å². The molecular formula is C21H19BrN2O5. The number of methoxy groups -OCH3 is 1. The van der Waals surface area contributed by atoms with Crippen LogP contribution in [0.25, 0.3) is 0 Å². The third-order valence-electron chi connectivity index (χ3n) is 3.85. The number of hydrogen-bond acceptors (Lipinski definition) is 5. The lowest BCUT2D eigenvalue weighted by Crippen LogP contribution is -2.15. The Morgan fingerprint density at radius 2 is 1.72 bits per heavy atom. The van der Waals surface area contributed by atoms with E-state index in [1.54, 1.807) is 61.7 Å². The summed E-state index contributed by atoms with van der Waals surface area (Å²) < 4.78 is 16.4. The minimum atomic E-state index is -0.376. The van der Waals surface area contributed by atoms with E-state index in [4.69, 9.17) is 13.9 Å². The maximum atomic E-state index is 12.8. The molecule has 0 spiro atoms. The van der Waals surface area contributed by atoms with Crippen LogP contribution >= 0.6 is 15.9 Å². The summed E-state index contributed by atoms with van der Waals surface area (Å²) in [4.78, 5) is 24.9. The quantitative estimate of drug-likeness (QED) is 0.482. The van der Waals surface area contributed by atoms with Gasteiger partial charge >= 0.3 is 0 Å². The predicted molar refractivity (Wildman–Crippen MR) is 113 cm³/mol. The highest BCUT2D eigenvalue weighted by molar-refractivity contribution is 9.10. The molecule has 0 unspecified atom stereocenters. The van der Waals surface area contributed by atoms with Gasteiger partial charge in [-0.1, -0.05) is 22.0 Å². The molecule has 0 radical (unpaired) electrons. The molecule has 0 atom stereocenters. The number of nitrogens with one attached hydrogen (secondary N) is 2. The van der Waals surface area contributed by atoms with Crippen LogP contribution in [-0.4, -0.2) is 32.1 Å². The normalized spacial score (nSPS) is 10.4. The second kappa shape index (κ2) is 9.90. The first-order valence-electron chi connectivity index (χ1n) is 8.74. The zero-order chi connectivity index (χ0) is 20.6. The SMILES string of the molecule is COCCOc1ccc(Br)cc1C(=O)Nc1cccc(NC(=O)c2ccco2)c1. The lowest BCUT2D eigenvalue weighted by Gasteiger charge is -2.13. The third kappa shape index (κ3) is 5.69. The molecule has 0 saturated carbocycles. The summed E-state index contributed by atoms with van der Waals surface area (Å²) in [6.07, 6.45) is 1.43. The summed E-state index contributed by atoms with van der Waals surface area (Å²) >= 11 is 3.37. The Morgan fingerprint density at radius 1 is 0.966 bits per heavy atom. The van der Waals surface area contributed by atoms with Crippen LogP contribution in [0.2, 0.25) is 0 Å². The first-order valence-corrected chi connectivity index (χ1v) is 9.53. The maximum Gasteiger partial charge on any atom is 0.291 e. The van der Waals surface area contributed by atoms with Crippen molar-refractivity contribution < 1.29 is 23.5 Å². The van der Waals surface area contributed by atoms with Crippen molar-refractivity contribution in [1.82, 2.24) is 0 Å². The molecule has 2 amide bonds. The van der Waals surface area contributed by atoms with Crippen molar-refractivity contribution in [2.45, 2.75) is 0 Å². The van der Waals surface area contributed by atoms with Crippen LogP contribution in [0.3, 0.4) is 0 Å². The van der Waals surface area contributed by atoms with Crippen LogP contribution in [0.4, 0.5) is 11.4 Å². The van der Waals surface area contributed by atoms with Crippen LogP contribution < -0.4 is 15.4 Å². The molecule has 7 nitrogen and oxygen atoms in total. The number of rotatable bonds is 8. The zero-order valence-corrected chi connectivity index (χ0v) is 17.2. The fourth-order valence-corrected chi connectivity index (χ4v) is 2.88. The largest absolute Gasteiger partial charge is 0.490 e. The Labute approximate surface area is 176 Å². The fraction of sp³-hybridized carbons (Fsp3) is 0.143. The Balaban J connectivity index is 1.72. The van der Waals surface area contributed by atoms with E-state index >= 15 is 0 Å². The van der Waals surface area contributed by atoms with Crippen LogP contribution in [-0.2, 0) is 4.74 Å². The van der Waals surface area contributed by atoms with Gasteiger partial charge in [0.2, 0.25) is 0 Å². The highest BCUT2D eigenvalue weighted by Crippen LogP contribution is 2.25. The van der Waals surface area contributed by atoms with Crippen molar-refractivity contribution >= 4 is 39.1 Å². The van der Waals surface area contributed by atoms with E-state index in [9.17, 15) is 9.59 Å². The third-order valence-corrected chi connectivity index (χ3v) is 4.35. The molecule has 0 aliphatic rings. The molecule has 0 aliphatic heterocycles. The Bertz CT molecular complexity index is 988. The van der Waals surface area contributed by atoms with Crippen LogP contribution in [0.5, 0.6) is 5.75 Å². The molecule has 0 fully saturated rings. The molecule has 2 aromatic carbocycles. The van der Waals surface area contributed by atoms with E-state index in [-0.39, 0.29) is 17.6 Å². The fourth-order valence-electron chi connectivity index (χ4n) is 2.51.